The molecule has 0 aliphatic heterocycles. The van der Waals surface area contributed by atoms with Crippen LogP contribution in [0.3, 0.4) is 0 Å². The number of carbonyl (C=O) groups is 1. The summed E-state index contributed by atoms with van der Waals surface area (Å²) in [7, 11) is 0. The summed E-state index contributed by atoms with van der Waals surface area (Å²) in [5, 5.41) is 8.79. The van der Waals surface area contributed by atoms with Crippen LogP contribution in [0.5, 0.6) is 5.75 Å². The Morgan fingerprint density at radius 1 is 1.07 bits per heavy atom. The standard InChI is InChI=1S/C24H32F2O3/c1-15(12-20(27)28)10-9-11-16(2)18-13-17(23(3,4)5)14-19(24(6,7)8)21(18)29-22(25)26/h9-14,22H,1-8H3,(H,27,28)/b10-9+,15-12+,16-11-. The van der Waals surface area contributed by atoms with Crippen LogP contribution in [-0.2, 0) is 15.6 Å². The molecule has 1 aromatic rings. The van der Waals surface area contributed by atoms with Crippen LogP contribution in [0.4, 0.5) is 8.78 Å². The third-order valence-corrected chi connectivity index (χ3v) is 4.45. The number of halogens is 2. The molecular weight excluding hydrogens is 374 g/mol. The van der Waals surface area contributed by atoms with Crippen molar-refractivity contribution in [3.05, 3.63) is 58.7 Å². The lowest BCUT2D eigenvalue weighted by molar-refractivity contribution is -0.131. The lowest BCUT2D eigenvalue weighted by Gasteiger charge is -2.29. The Kier molecular flexibility index (Phi) is 7.96. The van der Waals surface area contributed by atoms with Gasteiger partial charge < -0.3 is 9.84 Å². The fraction of sp³-hybridized carbons (Fsp3) is 0.458. The molecule has 5 heteroatoms. The number of alkyl halides is 2. The number of allylic oxidation sites excluding steroid dienone is 5. The highest BCUT2D eigenvalue weighted by atomic mass is 19.3. The van der Waals surface area contributed by atoms with Crippen molar-refractivity contribution in [1.82, 2.24) is 0 Å². The molecule has 1 N–H and O–H groups in total. The first kappa shape index (κ1) is 24.6. The normalized spacial score (nSPS) is 14.0. The van der Waals surface area contributed by atoms with Crippen LogP contribution >= 0.6 is 0 Å². The van der Waals surface area contributed by atoms with Gasteiger partial charge in [-0.25, -0.2) is 4.79 Å². The SMILES string of the molecule is C/C(=C/C=C/C(C)=C/C(=O)O)c1cc(C(C)(C)C)cc(C(C)(C)C)c1OC(F)F. The van der Waals surface area contributed by atoms with Crippen molar-refractivity contribution in [3.8, 4) is 5.75 Å². The molecule has 0 spiro atoms. The maximum absolute atomic E-state index is 13.2. The van der Waals surface area contributed by atoms with E-state index in [9.17, 15) is 13.6 Å². The van der Waals surface area contributed by atoms with E-state index in [0.717, 1.165) is 22.8 Å². The zero-order valence-corrected chi connectivity index (χ0v) is 18.6. The molecule has 0 unspecified atom stereocenters. The average molecular weight is 407 g/mol. The molecule has 0 saturated carbocycles. The Balaban J connectivity index is 3.65. The number of carboxylic acids is 1. The third-order valence-electron chi connectivity index (χ3n) is 4.45. The Morgan fingerprint density at radius 2 is 1.66 bits per heavy atom. The van der Waals surface area contributed by atoms with Gasteiger partial charge >= 0.3 is 12.6 Å². The molecular formula is C24H32F2O3. The highest BCUT2D eigenvalue weighted by molar-refractivity contribution is 5.81. The molecule has 0 fully saturated rings. The number of carboxylic acid groups (broad SMARTS) is 1. The van der Waals surface area contributed by atoms with Crippen molar-refractivity contribution in [3.63, 3.8) is 0 Å². The first-order valence-electron chi connectivity index (χ1n) is 9.53. The maximum Gasteiger partial charge on any atom is 0.387 e. The van der Waals surface area contributed by atoms with Crippen LogP contribution in [0.1, 0.15) is 72.1 Å². The Bertz CT molecular complexity index is 833. The summed E-state index contributed by atoms with van der Waals surface area (Å²) in [4.78, 5) is 10.7. The molecule has 0 amide bonds. The van der Waals surface area contributed by atoms with Gasteiger partial charge in [-0.3, -0.25) is 0 Å². The van der Waals surface area contributed by atoms with Gasteiger partial charge in [0.1, 0.15) is 5.75 Å². The number of aliphatic carboxylic acids is 1. The lowest BCUT2D eigenvalue weighted by atomic mass is 9.78. The van der Waals surface area contributed by atoms with E-state index in [1.54, 1.807) is 25.2 Å². The molecule has 1 rings (SSSR count). The Morgan fingerprint density at radius 3 is 2.10 bits per heavy atom. The fourth-order valence-electron chi connectivity index (χ4n) is 2.80. The number of rotatable bonds is 6. The van der Waals surface area contributed by atoms with Gasteiger partial charge in [-0.05, 0) is 47.5 Å². The molecule has 160 valence electrons. The van der Waals surface area contributed by atoms with Crippen LogP contribution < -0.4 is 4.74 Å². The number of benzene rings is 1. The summed E-state index contributed by atoms with van der Waals surface area (Å²) in [6, 6.07) is 3.84. The van der Waals surface area contributed by atoms with E-state index in [1.807, 2.05) is 39.8 Å². The molecule has 0 bridgehead atoms. The highest BCUT2D eigenvalue weighted by Crippen LogP contribution is 2.41. The minimum atomic E-state index is -2.93. The molecule has 0 heterocycles. The molecule has 3 nitrogen and oxygen atoms in total. The summed E-state index contributed by atoms with van der Waals surface area (Å²) in [6.45, 7) is 12.7. The molecule has 29 heavy (non-hydrogen) atoms. The molecule has 0 aromatic heterocycles. The summed E-state index contributed by atoms with van der Waals surface area (Å²) >= 11 is 0. The summed E-state index contributed by atoms with van der Waals surface area (Å²) in [5.74, 6) is -0.839. The van der Waals surface area contributed by atoms with Gasteiger partial charge in [0, 0.05) is 17.2 Å². The van der Waals surface area contributed by atoms with Crippen molar-refractivity contribution in [1.29, 1.82) is 0 Å². The topological polar surface area (TPSA) is 46.5 Å². The number of ether oxygens (including phenoxy) is 1. The predicted molar refractivity (Wildman–Crippen MR) is 115 cm³/mol. The fourth-order valence-corrected chi connectivity index (χ4v) is 2.80. The van der Waals surface area contributed by atoms with E-state index < -0.39 is 18.0 Å². The first-order valence-corrected chi connectivity index (χ1v) is 9.53. The second-order valence-corrected chi connectivity index (χ2v) is 9.21. The molecule has 1 aromatic carbocycles. The van der Waals surface area contributed by atoms with E-state index in [-0.39, 0.29) is 11.2 Å². The van der Waals surface area contributed by atoms with E-state index in [4.69, 9.17) is 9.84 Å². The number of hydrogen-bond donors (Lipinski definition) is 1. The average Bonchev–Trinajstić information content (AvgIpc) is 2.51. The highest BCUT2D eigenvalue weighted by Gasteiger charge is 2.27. The van der Waals surface area contributed by atoms with Gasteiger partial charge in [0.25, 0.3) is 0 Å². The van der Waals surface area contributed by atoms with Crippen LogP contribution in [0.15, 0.2) is 42.0 Å². The van der Waals surface area contributed by atoms with E-state index in [1.165, 1.54) is 0 Å². The van der Waals surface area contributed by atoms with Crippen molar-refractivity contribution >= 4 is 11.5 Å². The monoisotopic (exact) mass is 406 g/mol. The van der Waals surface area contributed by atoms with Crippen molar-refractivity contribution in [2.75, 3.05) is 0 Å². The number of hydrogen-bond acceptors (Lipinski definition) is 2. The molecule has 0 radical (unpaired) electrons. The van der Waals surface area contributed by atoms with E-state index in [0.29, 0.717) is 11.1 Å². The van der Waals surface area contributed by atoms with Gasteiger partial charge in [-0.2, -0.15) is 8.78 Å². The predicted octanol–water partition coefficient (Wildman–Crippen LogP) is 6.87. The van der Waals surface area contributed by atoms with Gasteiger partial charge in [0.05, 0.1) is 0 Å². The summed E-state index contributed by atoms with van der Waals surface area (Å²) in [6.07, 6.45) is 6.23. The quantitative estimate of drug-likeness (QED) is 0.414. The van der Waals surface area contributed by atoms with Gasteiger partial charge in [-0.15, -0.1) is 0 Å². The maximum atomic E-state index is 13.2. The van der Waals surface area contributed by atoms with Crippen LogP contribution in [-0.4, -0.2) is 17.7 Å². The molecule has 0 aliphatic rings. The largest absolute Gasteiger partial charge is 0.478 e. The van der Waals surface area contributed by atoms with Crippen molar-refractivity contribution in [2.24, 2.45) is 0 Å². The van der Waals surface area contributed by atoms with Crippen molar-refractivity contribution in [2.45, 2.75) is 72.8 Å². The second kappa shape index (κ2) is 9.38. The zero-order chi connectivity index (χ0) is 22.6. The first-order chi connectivity index (χ1) is 13.1. The zero-order valence-electron chi connectivity index (χ0n) is 18.6. The van der Waals surface area contributed by atoms with E-state index >= 15 is 0 Å². The smallest absolute Gasteiger partial charge is 0.387 e. The summed E-state index contributed by atoms with van der Waals surface area (Å²) in [5.41, 5.74) is 3.11. The molecule has 0 atom stereocenters. The lowest BCUT2D eigenvalue weighted by Crippen LogP contribution is -2.20. The van der Waals surface area contributed by atoms with Gasteiger partial charge in [-0.1, -0.05) is 65.8 Å². The minimum Gasteiger partial charge on any atom is -0.478 e. The second-order valence-electron chi connectivity index (χ2n) is 9.21. The minimum absolute atomic E-state index is 0.172. The van der Waals surface area contributed by atoms with Crippen LogP contribution in [0, 0.1) is 0 Å². The van der Waals surface area contributed by atoms with Gasteiger partial charge in [0.2, 0.25) is 0 Å². The Hall–Kier alpha value is -2.43. The summed E-state index contributed by atoms with van der Waals surface area (Å²) < 4.78 is 31.4. The third kappa shape index (κ3) is 7.48. The van der Waals surface area contributed by atoms with Crippen LogP contribution in [0.25, 0.3) is 5.57 Å². The van der Waals surface area contributed by atoms with E-state index in [2.05, 4.69) is 20.8 Å². The molecule has 0 aliphatic carbocycles. The van der Waals surface area contributed by atoms with Gasteiger partial charge in [0.15, 0.2) is 0 Å². The van der Waals surface area contributed by atoms with Crippen LogP contribution in [0.2, 0.25) is 0 Å². The van der Waals surface area contributed by atoms with Crippen molar-refractivity contribution < 1.29 is 23.4 Å². The Labute approximate surface area is 172 Å². The molecule has 0 saturated heterocycles.